The molecule has 2 aromatic heterocycles. The molecule has 0 aliphatic carbocycles. The number of nitrogens with zero attached hydrogens (tertiary/aromatic N) is 3. The van der Waals surface area contributed by atoms with Gasteiger partial charge in [-0.15, -0.1) is 0 Å². The minimum absolute atomic E-state index is 0.111. The average Bonchev–Trinajstić information content (AvgIpc) is 3.14. The van der Waals surface area contributed by atoms with Gasteiger partial charge in [-0.25, -0.2) is 14.3 Å². The van der Waals surface area contributed by atoms with E-state index in [1.165, 1.54) is 17.0 Å². The molecule has 1 atom stereocenters. The van der Waals surface area contributed by atoms with Gasteiger partial charge in [0.15, 0.2) is 11.9 Å². The van der Waals surface area contributed by atoms with Crippen LogP contribution in [0.15, 0.2) is 36.8 Å². The van der Waals surface area contributed by atoms with Crippen LogP contribution in [-0.2, 0) is 14.3 Å². The van der Waals surface area contributed by atoms with E-state index in [0.29, 0.717) is 28.7 Å². The molecule has 0 fully saturated rings. The first-order valence-electron chi connectivity index (χ1n) is 9.00. The van der Waals surface area contributed by atoms with Gasteiger partial charge in [-0.2, -0.15) is 5.10 Å². The van der Waals surface area contributed by atoms with Crippen LogP contribution in [0.25, 0.3) is 16.6 Å². The summed E-state index contributed by atoms with van der Waals surface area (Å²) in [6, 6.07) is 5.47. The topological polar surface area (TPSA) is 161 Å². The molecule has 0 aliphatic rings. The minimum atomic E-state index is -1.23. The number of esters is 1. The SMILES string of the molecule is CCOC(=O)C(CO)NC(=O)c1cn2ncnc(N)c2c1-c1ccc(NC=O)cc1. The van der Waals surface area contributed by atoms with Crippen molar-refractivity contribution in [1.29, 1.82) is 0 Å². The summed E-state index contributed by atoms with van der Waals surface area (Å²) in [6.07, 6.45) is 3.26. The Kier molecular flexibility index (Phi) is 6.23. The zero-order chi connectivity index (χ0) is 21.7. The van der Waals surface area contributed by atoms with Crippen LogP contribution >= 0.6 is 0 Å². The lowest BCUT2D eigenvalue weighted by Gasteiger charge is -2.15. The van der Waals surface area contributed by atoms with Gasteiger partial charge < -0.3 is 26.2 Å². The van der Waals surface area contributed by atoms with Gasteiger partial charge in [0, 0.05) is 17.4 Å². The van der Waals surface area contributed by atoms with Crippen molar-refractivity contribution in [3.05, 3.63) is 42.4 Å². The first kappa shape index (κ1) is 20.7. The third-order valence-electron chi connectivity index (χ3n) is 4.30. The molecule has 30 heavy (non-hydrogen) atoms. The molecule has 1 aromatic carbocycles. The van der Waals surface area contributed by atoms with E-state index in [-0.39, 0.29) is 18.0 Å². The second-order valence-electron chi connectivity index (χ2n) is 6.16. The highest BCUT2D eigenvalue weighted by molar-refractivity contribution is 6.08. The van der Waals surface area contributed by atoms with Gasteiger partial charge in [-0.1, -0.05) is 12.1 Å². The molecule has 3 aromatic rings. The molecule has 11 nitrogen and oxygen atoms in total. The van der Waals surface area contributed by atoms with Crippen molar-refractivity contribution in [3.8, 4) is 11.1 Å². The Morgan fingerprint density at radius 1 is 1.33 bits per heavy atom. The van der Waals surface area contributed by atoms with E-state index in [1.807, 2.05) is 0 Å². The lowest BCUT2D eigenvalue weighted by atomic mass is 10.0. The number of rotatable bonds is 8. The van der Waals surface area contributed by atoms with Gasteiger partial charge in [0.05, 0.1) is 18.8 Å². The second-order valence-corrected chi connectivity index (χ2v) is 6.16. The van der Waals surface area contributed by atoms with Gasteiger partial charge in [-0.05, 0) is 24.6 Å². The van der Waals surface area contributed by atoms with E-state index in [1.54, 1.807) is 31.2 Å². The van der Waals surface area contributed by atoms with Crippen LogP contribution in [0.1, 0.15) is 17.3 Å². The Hall–Kier alpha value is -3.99. The third-order valence-corrected chi connectivity index (χ3v) is 4.30. The number of fused-ring (bicyclic) bond motifs is 1. The van der Waals surface area contributed by atoms with Crippen molar-refractivity contribution in [2.24, 2.45) is 0 Å². The van der Waals surface area contributed by atoms with E-state index in [2.05, 4.69) is 20.7 Å². The van der Waals surface area contributed by atoms with Crippen LogP contribution in [-0.4, -0.2) is 57.2 Å². The number of nitrogen functional groups attached to an aromatic ring is 1. The molecule has 0 saturated heterocycles. The standard InChI is InChI=1S/C19H20N6O5/c1-2-30-19(29)14(8-26)24-18(28)13-7-25-16(17(20)21-9-23-25)15(13)11-3-5-12(6-4-11)22-10-27/h3-7,9-10,14,26H,2,8H2,1H3,(H,22,27)(H,24,28)(H2,20,21,23). The fourth-order valence-corrected chi connectivity index (χ4v) is 2.96. The zero-order valence-electron chi connectivity index (χ0n) is 16.0. The Balaban J connectivity index is 2.07. The van der Waals surface area contributed by atoms with E-state index >= 15 is 0 Å². The molecule has 156 valence electrons. The van der Waals surface area contributed by atoms with Gasteiger partial charge in [-0.3, -0.25) is 9.59 Å². The summed E-state index contributed by atoms with van der Waals surface area (Å²) >= 11 is 0. The minimum Gasteiger partial charge on any atom is -0.464 e. The van der Waals surface area contributed by atoms with E-state index < -0.39 is 24.5 Å². The molecule has 0 bridgehead atoms. The van der Waals surface area contributed by atoms with Gasteiger partial charge in [0.1, 0.15) is 11.8 Å². The van der Waals surface area contributed by atoms with Crippen molar-refractivity contribution in [3.63, 3.8) is 0 Å². The third kappa shape index (κ3) is 4.05. The predicted octanol–water partition coefficient (Wildman–Crippen LogP) is 0.201. The molecule has 11 heteroatoms. The Morgan fingerprint density at radius 3 is 2.70 bits per heavy atom. The first-order valence-corrected chi connectivity index (χ1v) is 9.00. The summed E-state index contributed by atoms with van der Waals surface area (Å²) in [7, 11) is 0. The maximum absolute atomic E-state index is 13.0. The lowest BCUT2D eigenvalue weighted by Crippen LogP contribution is -2.44. The molecule has 3 rings (SSSR count). The number of anilines is 2. The van der Waals surface area contributed by atoms with Gasteiger partial charge in [0.2, 0.25) is 6.41 Å². The Bertz CT molecular complexity index is 1080. The molecule has 0 aliphatic heterocycles. The van der Waals surface area contributed by atoms with E-state index in [4.69, 9.17) is 10.5 Å². The molecule has 2 amide bonds. The molecule has 0 saturated carbocycles. The number of ether oxygens (including phenoxy) is 1. The summed E-state index contributed by atoms with van der Waals surface area (Å²) in [6.45, 7) is 1.11. The molecular weight excluding hydrogens is 392 g/mol. The first-order chi connectivity index (χ1) is 14.5. The van der Waals surface area contributed by atoms with Crippen LogP contribution in [0.5, 0.6) is 0 Å². The maximum atomic E-state index is 13.0. The summed E-state index contributed by atoms with van der Waals surface area (Å²) in [5, 5.41) is 18.6. The normalized spacial score (nSPS) is 11.7. The molecule has 2 heterocycles. The summed E-state index contributed by atoms with van der Waals surface area (Å²) in [5.41, 5.74) is 8.20. The van der Waals surface area contributed by atoms with Crippen molar-refractivity contribution in [2.45, 2.75) is 13.0 Å². The monoisotopic (exact) mass is 412 g/mol. The van der Waals surface area contributed by atoms with Gasteiger partial charge in [0.25, 0.3) is 5.91 Å². The molecule has 0 spiro atoms. The zero-order valence-corrected chi connectivity index (χ0v) is 16.0. The van der Waals surface area contributed by atoms with Crippen molar-refractivity contribution < 1.29 is 24.2 Å². The maximum Gasteiger partial charge on any atom is 0.331 e. The smallest absolute Gasteiger partial charge is 0.331 e. The fourth-order valence-electron chi connectivity index (χ4n) is 2.96. The van der Waals surface area contributed by atoms with Crippen LogP contribution in [0.4, 0.5) is 11.5 Å². The van der Waals surface area contributed by atoms with Crippen molar-refractivity contribution in [2.75, 3.05) is 24.3 Å². The lowest BCUT2D eigenvalue weighted by molar-refractivity contribution is -0.146. The molecule has 5 N–H and O–H groups in total. The van der Waals surface area contributed by atoms with Crippen LogP contribution in [0, 0.1) is 0 Å². The number of aliphatic hydroxyl groups excluding tert-OH is 1. The quantitative estimate of drug-likeness (QED) is 0.301. The largest absolute Gasteiger partial charge is 0.464 e. The number of carbonyl (C=O) groups excluding carboxylic acids is 3. The number of aliphatic hydroxyl groups is 1. The van der Waals surface area contributed by atoms with Crippen LogP contribution in [0.2, 0.25) is 0 Å². The molecule has 0 radical (unpaired) electrons. The van der Waals surface area contributed by atoms with E-state index in [0.717, 1.165) is 0 Å². The highest BCUT2D eigenvalue weighted by atomic mass is 16.5. The number of amides is 2. The summed E-state index contributed by atoms with van der Waals surface area (Å²) < 4.78 is 6.27. The number of carbonyl (C=O) groups is 3. The second kappa shape index (κ2) is 9.01. The predicted molar refractivity (Wildman–Crippen MR) is 107 cm³/mol. The Morgan fingerprint density at radius 2 is 2.07 bits per heavy atom. The fraction of sp³-hybridized carbons (Fsp3) is 0.211. The van der Waals surface area contributed by atoms with Crippen LogP contribution < -0.4 is 16.4 Å². The molecule has 1 unspecified atom stereocenters. The highest BCUT2D eigenvalue weighted by Gasteiger charge is 2.26. The number of benzene rings is 1. The summed E-state index contributed by atoms with van der Waals surface area (Å²) in [4.78, 5) is 39.5. The number of hydrogen-bond donors (Lipinski definition) is 4. The van der Waals surface area contributed by atoms with Gasteiger partial charge >= 0.3 is 5.97 Å². The average molecular weight is 412 g/mol. The van der Waals surface area contributed by atoms with E-state index in [9.17, 15) is 19.5 Å². The molecular formula is C19H20N6O5. The summed E-state index contributed by atoms with van der Waals surface area (Å²) in [5.74, 6) is -1.22. The number of aromatic nitrogens is 3. The highest BCUT2D eigenvalue weighted by Crippen LogP contribution is 2.33. The number of nitrogens with one attached hydrogen (secondary N) is 2. The number of nitrogens with two attached hydrogens (primary N) is 1. The van der Waals surface area contributed by atoms with Crippen molar-refractivity contribution >= 4 is 35.3 Å². The van der Waals surface area contributed by atoms with Crippen LogP contribution in [0.3, 0.4) is 0 Å². The number of hydrogen-bond acceptors (Lipinski definition) is 8. The Labute approximate surface area is 170 Å². The van der Waals surface area contributed by atoms with Crippen molar-refractivity contribution in [1.82, 2.24) is 19.9 Å².